The van der Waals surface area contributed by atoms with E-state index in [-0.39, 0.29) is 16.1 Å². The molecule has 0 saturated heterocycles. The van der Waals surface area contributed by atoms with Crippen LogP contribution in [0.4, 0.5) is 5.69 Å². The van der Waals surface area contributed by atoms with Gasteiger partial charge in [0.25, 0.3) is 5.69 Å². The minimum atomic E-state index is -0.318. The molecule has 1 saturated carbocycles. The van der Waals surface area contributed by atoms with E-state index in [4.69, 9.17) is 0 Å². The molecule has 0 amide bonds. The zero-order chi connectivity index (χ0) is 12.5. The summed E-state index contributed by atoms with van der Waals surface area (Å²) in [4.78, 5) is 10.6. The van der Waals surface area contributed by atoms with E-state index in [1.807, 2.05) is 12.1 Å². The Morgan fingerprint density at radius 1 is 1.41 bits per heavy atom. The molecule has 1 aromatic carbocycles. The molecule has 1 N–H and O–H groups in total. The van der Waals surface area contributed by atoms with Crippen molar-refractivity contribution in [1.82, 2.24) is 5.32 Å². The Morgan fingerprint density at radius 2 is 2.06 bits per heavy atom. The van der Waals surface area contributed by atoms with Gasteiger partial charge < -0.3 is 5.32 Å². The highest BCUT2D eigenvalue weighted by molar-refractivity contribution is 5.39. The predicted octanol–water partition coefficient (Wildman–Crippen LogP) is 2.87. The number of nitro groups is 1. The number of para-hydroxylation sites is 1. The van der Waals surface area contributed by atoms with Crippen LogP contribution in [0.2, 0.25) is 0 Å². The van der Waals surface area contributed by atoms with Crippen LogP contribution in [-0.2, 0) is 6.54 Å². The molecule has 92 valence electrons. The van der Waals surface area contributed by atoms with Crippen LogP contribution in [-0.4, -0.2) is 10.5 Å². The molecular formula is C13H18N2O2. The van der Waals surface area contributed by atoms with Crippen LogP contribution in [0.15, 0.2) is 24.3 Å². The van der Waals surface area contributed by atoms with Gasteiger partial charge in [-0.3, -0.25) is 10.1 Å². The van der Waals surface area contributed by atoms with Gasteiger partial charge in [0.05, 0.1) is 4.92 Å². The summed E-state index contributed by atoms with van der Waals surface area (Å²) in [6, 6.07) is 6.91. The monoisotopic (exact) mass is 234 g/mol. The Labute approximate surface area is 101 Å². The fourth-order valence-electron chi connectivity index (χ4n) is 2.11. The van der Waals surface area contributed by atoms with Crippen LogP contribution in [0.3, 0.4) is 0 Å². The van der Waals surface area contributed by atoms with Crippen molar-refractivity contribution in [3.05, 3.63) is 39.9 Å². The highest BCUT2D eigenvalue weighted by Gasteiger charge is 2.37. The quantitative estimate of drug-likeness (QED) is 0.629. The van der Waals surface area contributed by atoms with Crippen molar-refractivity contribution in [2.45, 2.75) is 38.8 Å². The first-order chi connectivity index (χ1) is 8.00. The van der Waals surface area contributed by atoms with Crippen LogP contribution in [0, 0.1) is 16.0 Å². The van der Waals surface area contributed by atoms with E-state index >= 15 is 0 Å². The normalized spacial score (nSPS) is 15.9. The van der Waals surface area contributed by atoms with Gasteiger partial charge in [0.15, 0.2) is 0 Å². The van der Waals surface area contributed by atoms with E-state index in [1.54, 1.807) is 12.1 Å². The molecule has 0 bridgehead atoms. The highest BCUT2D eigenvalue weighted by Crippen LogP contribution is 2.39. The lowest BCUT2D eigenvalue weighted by Gasteiger charge is -2.26. The second-order valence-electron chi connectivity index (χ2n) is 5.24. The smallest absolute Gasteiger partial charge is 0.273 e. The van der Waals surface area contributed by atoms with Gasteiger partial charge in [-0.25, -0.2) is 0 Å². The molecule has 1 aliphatic rings. The number of benzene rings is 1. The summed E-state index contributed by atoms with van der Waals surface area (Å²) < 4.78 is 0. The van der Waals surface area contributed by atoms with Crippen LogP contribution >= 0.6 is 0 Å². The molecule has 1 aromatic rings. The maximum atomic E-state index is 10.9. The van der Waals surface area contributed by atoms with Crippen molar-refractivity contribution in [1.29, 1.82) is 0 Å². The first kappa shape index (κ1) is 12.0. The molecular weight excluding hydrogens is 216 g/mol. The summed E-state index contributed by atoms with van der Waals surface area (Å²) in [5.41, 5.74) is 1.03. The first-order valence-corrected chi connectivity index (χ1v) is 5.98. The van der Waals surface area contributed by atoms with Crippen molar-refractivity contribution in [3.8, 4) is 0 Å². The van der Waals surface area contributed by atoms with Gasteiger partial charge in [0, 0.05) is 23.7 Å². The minimum Gasteiger partial charge on any atom is -0.307 e. The van der Waals surface area contributed by atoms with Crippen LogP contribution in [0.1, 0.15) is 32.3 Å². The second kappa shape index (κ2) is 4.45. The molecule has 2 rings (SSSR count). The lowest BCUT2D eigenvalue weighted by molar-refractivity contribution is -0.385. The average Bonchev–Trinajstić information content (AvgIpc) is 3.11. The van der Waals surface area contributed by atoms with E-state index in [1.165, 1.54) is 12.8 Å². The summed E-state index contributed by atoms with van der Waals surface area (Å²) in [5, 5.41) is 14.3. The fraction of sp³-hybridized carbons (Fsp3) is 0.538. The molecule has 4 heteroatoms. The fourth-order valence-corrected chi connectivity index (χ4v) is 2.11. The Kier molecular flexibility index (Phi) is 3.15. The molecule has 0 unspecified atom stereocenters. The van der Waals surface area contributed by atoms with Crippen LogP contribution < -0.4 is 5.32 Å². The highest BCUT2D eigenvalue weighted by atomic mass is 16.6. The van der Waals surface area contributed by atoms with E-state index in [2.05, 4.69) is 19.2 Å². The largest absolute Gasteiger partial charge is 0.307 e. The zero-order valence-electron chi connectivity index (χ0n) is 10.3. The Hall–Kier alpha value is -1.42. The van der Waals surface area contributed by atoms with E-state index in [0.29, 0.717) is 12.5 Å². The topological polar surface area (TPSA) is 55.2 Å². The Bertz CT molecular complexity index is 425. The summed E-state index contributed by atoms with van der Waals surface area (Å²) in [6.45, 7) is 4.89. The SMILES string of the molecule is CC(C)(NCc1ccccc1[N+](=O)[O-])C1CC1. The molecule has 0 radical (unpaired) electrons. The molecule has 0 aromatic heterocycles. The molecule has 0 aliphatic heterocycles. The Morgan fingerprint density at radius 3 is 2.65 bits per heavy atom. The number of hydrogen-bond donors (Lipinski definition) is 1. The van der Waals surface area contributed by atoms with Gasteiger partial charge in [-0.1, -0.05) is 18.2 Å². The van der Waals surface area contributed by atoms with Gasteiger partial charge in [0.2, 0.25) is 0 Å². The van der Waals surface area contributed by atoms with Crippen molar-refractivity contribution in [3.63, 3.8) is 0 Å². The van der Waals surface area contributed by atoms with Crippen molar-refractivity contribution < 1.29 is 4.92 Å². The number of nitrogens with zero attached hydrogens (tertiary/aromatic N) is 1. The molecule has 0 spiro atoms. The Balaban J connectivity index is 2.05. The number of rotatable bonds is 5. The van der Waals surface area contributed by atoms with E-state index < -0.39 is 0 Å². The summed E-state index contributed by atoms with van der Waals surface area (Å²) >= 11 is 0. The standard InChI is InChI=1S/C13H18N2O2/c1-13(2,11-7-8-11)14-9-10-5-3-4-6-12(10)15(16)17/h3-6,11,14H,7-9H2,1-2H3. The summed E-state index contributed by atoms with van der Waals surface area (Å²) in [5.74, 6) is 0.713. The van der Waals surface area contributed by atoms with E-state index in [9.17, 15) is 10.1 Å². The van der Waals surface area contributed by atoms with Crippen molar-refractivity contribution in [2.75, 3.05) is 0 Å². The maximum absolute atomic E-state index is 10.9. The molecule has 1 aliphatic carbocycles. The second-order valence-corrected chi connectivity index (χ2v) is 5.24. The third kappa shape index (κ3) is 2.82. The number of nitrogens with one attached hydrogen (secondary N) is 1. The van der Waals surface area contributed by atoms with Crippen LogP contribution in [0.5, 0.6) is 0 Å². The van der Waals surface area contributed by atoms with Crippen LogP contribution in [0.25, 0.3) is 0 Å². The van der Waals surface area contributed by atoms with Gasteiger partial charge in [0.1, 0.15) is 0 Å². The average molecular weight is 234 g/mol. The number of hydrogen-bond acceptors (Lipinski definition) is 3. The third-order valence-electron chi connectivity index (χ3n) is 3.52. The van der Waals surface area contributed by atoms with Gasteiger partial charge in [-0.2, -0.15) is 0 Å². The molecule has 17 heavy (non-hydrogen) atoms. The van der Waals surface area contributed by atoms with E-state index in [0.717, 1.165) is 5.56 Å². The lowest BCUT2D eigenvalue weighted by atomic mass is 9.98. The minimum absolute atomic E-state index is 0.0731. The molecule has 1 fully saturated rings. The summed E-state index contributed by atoms with van der Waals surface area (Å²) in [6.07, 6.45) is 2.52. The van der Waals surface area contributed by atoms with Crippen molar-refractivity contribution in [2.24, 2.45) is 5.92 Å². The summed E-state index contributed by atoms with van der Waals surface area (Å²) in [7, 11) is 0. The molecule has 0 atom stereocenters. The molecule has 0 heterocycles. The van der Waals surface area contributed by atoms with Crippen molar-refractivity contribution >= 4 is 5.69 Å². The molecule has 4 nitrogen and oxygen atoms in total. The maximum Gasteiger partial charge on any atom is 0.273 e. The zero-order valence-corrected chi connectivity index (χ0v) is 10.3. The van der Waals surface area contributed by atoms with Gasteiger partial charge >= 0.3 is 0 Å². The van der Waals surface area contributed by atoms with Gasteiger partial charge in [-0.15, -0.1) is 0 Å². The first-order valence-electron chi connectivity index (χ1n) is 5.98. The van der Waals surface area contributed by atoms with Gasteiger partial charge in [-0.05, 0) is 32.6 Å². The third-order valence-corrected chi connectivity index (χ3v) is 3.52. The predicted molar refractivity (Wildman–Crippen MR) is 66.7 cm³/mol. The lowest BCUT2D eigenvalue weighted by Crippen LogP contribution is -2.40. The number of nitro benzene ring substituents is 1.